The van der Waals surface area contributed by atoms with Gasteiger partial charge in [0, 0.05) is 33.9 Å². The first-order valence-electron chi connectivity index (χ1n) is 6.16. The molecule has 0 aliphatic rings. The Morgan fingerprint density at radius 3 is 2.25 bits per heavy atom. The summed E-state index contributed by atoms with van der Waals surface area (Å²) in [5.74, 6) is 0. The molecule has 6 heteroatoms. The largest absolute Gasteiger partial charge is 0.378 e. The number of hydrogen-bond acceptors (Lipinski definition) is 4. The Balaban J connectivity index is 2.71. The lowest BCUT2D eigenvalue weighted by molar-refractivity contribution is 0.644. The monoisotopic (exact) mass is 291 g/mol. The molecule has 1 rings (SSSR count). The molecule has 0 saturated heterocycles. The first kappa shape index (κ1) is 16.2. The topological polar surface area (TPSA) is 43.6 Å². The predicted octanol–water partition coefficient (Wildman–Crippen LogP) is 2.40. The predicted molar refractivity (Wildman–Crippen MR) is 91.5 cm³/mol. The van der Waals surface area contributed by atoms with Gasteiger partial charge in [0.05, 0.1) is 12.6 Å². The van der Waals surface area contributed by atoms with Crippen LogP contribution in [0.4, 0.5) is 5.69 Å². The fourth-order valence-electron chi connectivity index (χ4n) is 1.29. The molecular weight excluding hydrogens is 270 g/mol. The SMILES string of the molecule is CS/C(N=CN(C)C)=N\N=C\c1ccc(N(C)C)cc1. The van der Waals surface area contributed by atoms with Crippen LogP contribution in [0.3, 0.4) is 0 Å². The van der Waals surface area contributed by atoms with E-state index in [0.29, 0.717) is 5.17 Å². The van der Waals surface area contributed by atoms with Gasteiger partial charge in [-0.15, -0.1) is 5.10 Å². The van der Waals surface area contributed by atoms with Crippen molar-refractivity contribution in [2.75, 3.05) is 39.3 Å². The van der Waals surface area contributed by atoms with E-state index in [1.807, 2.05) is 63.6 Å². The normalized spacial score (nSPS) is 12.3. The Labute approximate surface area is 125 Å². The molecule has 0 aliphatic heterocycles. The summed E-state index contributed by atoms with van der Waals surface area (Å²) in [4.78, 5) is 8.12. The molecule has 1 aromatic carbocycles. The molecule has 20 heavy (non-hydrogen) atoms. The molecule has 0 heterocycles. The Morgan fingerprint density at radius 2 is 1.75 bits per heavy atom. The van der Waals surface area contributed by atoms with E-state index in [9.17, 15) is 0 Å². The molecule has 0 fully saturated rings. The van der Waals surface area contributed by atoms with Crippen LogP contribution in [0.5, 0.6) is 0 Å². The molecule has 0 radical (unpaired) electrons. The molecule has 0 aromatic heterocycles. The number of hydrogen-bond donors (Lipinski definition) is 0. The summed E-state index contributed by atoms with van der Waals surface area (Å²) >= 11 is 1.46. The summed E-state index contributed by atoms with van der Waals surface area (Å²) < 4.78 is 0. The molecule has 0 atom stereocenters. The van der Waals surface area contributed by atoms with Crippen LogP contribution < -0.4 is 4.90 Å². The molecule has 0 spiro atoms. The van der Waals surface area contributed by atoms with Gasteiger partial charge in [-0.05, 0) is 24.0 Å². The van der Waals surface area contributed by atoms with Crippen molar-refractivity contribution in [3.05, 3.63) is 29.8 Å². The fraction of sp³-hybridized carbons (Fsp3) is 0.357. The molecule has 0 bridgehead atoms. The number of amidine groups is 1. The maximum absolute atomic E-state index is 4.20. The summed E-state index contributed by atoms with van der Waals surface area (Å²) in [6.07, 6.45) is 5.35. The van der Waals surface area contributed by atoms with Crippen LogP contribution in [-0.4, -0.2) is 57.1 Å². The average Bonchev–Trinajstić information content (AvgIpc) is 2.42. The Morgan fingerprint density at radius 1 is 1.10 bits per heavy atom. The van der Waals surface area contributed by atoms with Crippen molar-refractivity contribution < 1.29 is 0 Å². The number of aliphatic imine (C=N–C) groups is 1. The number of anilines is 1. The minimum atomic E-state index is 0.625. The maximum atomic E-state index is 4.20. The third-order valence-electron chi connectivity index (χ3n) is 2.34. The van der Waals surface area contributed by atoms with Gasteiger partial charge in [-0.25, -0.2) is 4.99 Å². The molecule has 1 aromatic rings. The van der Waals surface area contributed by atoms with E-state index in [-0.39, 0.29) is 0 Å². The smallest absolute Gasteiger partial charge is 0.210 e. The van der Waals surface area contributed by atoms with E-state index in [4.69, 9.17) is 0 Å². The van der Waals surface area contributed by atoms with E-state index in [1.54, 1.807) is 12.6 Å². The summed E-state index contributed by atoms with van der Waals surface area (Å²) in [6.45, 7) is 0. The fourth-order valence-corrected chi connectivity index (χ4v) is 1.57. The minimum absolute atomic E-state index is 0.625. The molecule has 108 valence electrons. The van der Waals surface area contributed by atoms with Crippen LogP contribution in [0.2, 0.25) is 0 Å². The van der Waals surface area contributed by atoms with Crippen LogP contribution in [0, 0.1) is 0 Å². The maximum Gasteiger partial charge on any atom is 0.210 e. The highest BCUT2D eigenvalue weighted by Gasteiger charge is 1.94. The third-order valence-corrected chi connectivity index (χ3v) is 2.89. The first-order valence-corrected chi connectivity index (χ1v) is 7.38. The molecule has 5 nitrogen and oxygen atoms in total. The van der Waals surface area contributed by atoms with E-state index >= 15 is 0 Å². The number of rotatable bonds is 4. The number of thioether (sulfide) groups is 1. The van der Waals surface area contributed by atoms with Gasteiger partial charge in [0.15, 0.2) is 0 Å². The van der Waals surface area contributed by atoms with Gasteiger partial charge in [0.1, 0.15) is 0 Å². The highest BCUT2D eigenvalue weighted by molar-refractivity contribution is 8.13. The molecule has 0 N–H and O–H groups in total. The minimum Gasteiger partial charge on any atom is -0.378 e. The van der Waals surface area contributed by atoms with Crippen molar-refractivity contribution in [1.82, 2.24) is 4.90 Å². The van der Waals surface area contributed by atoms with Crippen LogP contribution in [0.25, 0.3) is 0 Å². The van der Waals surface area contributed by atoms with Crippen molar-refractivity contribution >= 4 is 35.2 Å². The zero-order chi connectivity index (χ0) is 15.0. The third kappa shape index (κ3) is 5.88. The van der Waals surface area contributed by atoms with Crippen molar-refractivity contribution in [1.29, 1.82) is 0 Å². The summed E-state index contributed by atoms with van der Waals surface area (Å²) in [7, 11) is 7.86. The van der Waals surface area contributed by atoms with Crippen molar-refractivity contribution in [3.8, 4) is 0 Å². The van der Waals surface area contributed by atoms with Crippen LogP contribution in [0.1, 0.15) is 5.56 Å². The molecule has 0 unspecified atom stereocenters. The van der Waals surface area contributed by atoms with Gasteiger partial charge in [0.2, 0.25) is 5.17 Å². The Bertz CT molecular complexity index is 489. The van der Waals surface area contributed by atoms with E-state index in [0.717, 1.165) is 11.3 Å². The van der Waals surface area contributed by atoms with Crippen molar-refractivity contribution in [2.45, 2.75) is 0 Å². The number of benzene rings is 1. The standard InChI is InChI=1S/C14H21N5S/c1-18(2)11-15-14(20-5)17-16-10-12-6-8-13(9-7-12)19(3)4/h6-11H,1-5H3/b15-11?,16-10+,17-14-. The lowest BCUT2D eigenvalue weighted by Gasteiger charge is -2.11. The number of nitrogens with zero attached hydrogens (tertiary/aromatic N) is 5. The molecular formula is C14H21N5S. The van der Waals surface area contributed by atoms with Gasteiger partial charge >= 0.3 is 0 Å². The van der Waals surface area contributed by atoms with Crippen molar-refractivity contribution in [3.63, 3.8) is 0 Å². The zero-order valence-electron chi connectivity index (χ0n) is 12.6. The molecule has 0 saturated carbocycles. The summed E-state index contributed by atoms with van der Waals surface area (Å²) in [6, 6.07) is 8.11. The van der Waals surface area contributed by atoms with Gasteiger partial charge in [0.25, 0.3) is 0 Å². The van der Waals surface area contributed by atoms with Gasteiger partial charge in [-0.3, -0.25) is 0 Å². The molecule has 0 aliphatic carbocycles. The second kappa shape index (κ2) is 8.37. The zero-order valence-corrected chi connectivity index (χ0v) is 13.4. The lowest BCUT2D eigenvalue weighted by atomic mass is 10.2. The quantitative estimate of drug-likeness (QED) is 0.486. The van der Waals surface area contributed by atoms with Crippen LogP contribution in [-0.2, 0) is 0 Å². The lowest BCUT2D eigenvalue weighted by Crippen LogP contribution is -2.08. The highest BCUT2D eigenvalue weighted by Crippen LogP contribution is 2.11. The summed E-state index contributed by atoms with van der Waals surface area (Å²) in [5.41, 5.74) is 2.17. The van der Waals surface area contributed by atoms with Gasteiger partial charge in [-0.1, -0.05) is 23.9 Å². The highest BCUT2D eigenvalue weighted by atomic mass is 32.2. The van der Waals surface area contributed by atoms with E-state index in [1.165, 1.54) is 11.8 Å². The van der Waals surface area contributed by atoms with E-state index in [2.05, 4.69) is 20.1 Å². The van der Waals surface area contributed by atoms with Gasteiger partial charge in [-0.2, -0.15) is 5.10 Å². The Kier molecular flexibility index (Phi) is 6.79. The second-order valence-electron chi connectivity index (χ2n) is 4.53. The van der Waals surface area contributed by atoms with Crippen LogP contribution >= 0.6 is 11.8 Å². The van der Waals surface area contributed by atoms with E-state index < -0.39 is 0 Å². The first-order chi connectivity index (χ1) is 9.52. The van der Waals surface area contributed by atoms with Crippen LogP contribution in [0.15, 0.2) is 39.5 Å². The summed E-state index contributed by atoms with van der Waals surface area (Å²) in [5, 5.41) is 8.77. The average molecular weight is 291 g/mol. The van der Waals surface area contributed by atoms with Crippen molar-refractivity contribution in [2.24, 2.45) is 15.2 Å². The van der Waals surface area contributed by atoms with Gasteiger partial charge < -0.3 is 9.80 Å². The Hall–Kier alpha value is -1.82. The molecule has 0 amide bonds. The second-order valence-corrected chi connectivity index (χ2v) is 5.30.